The molecule has 1 atom stereocenters. The second kappa shape index (κ2) is 14.1. The molecule has 2 heterocycles. The standard InChI is InChI=1S/C44H48N2O7S/c1-43(2)36(45(23-11-5-6-18-38(47)48)34-21-19-28-14-7-9-16-30(28)39(34)43)26-32-41(49)33(42(32)50)27-37-44(3,4)40-31-17-10-8-15-29(31)20-22-35(40)46(37)24-12-13-25-54(51,52)53/h7-10,14-17,19-22,26-27,41,49H,5-6,11-13,18,23-25H2,1-4H3,(H2-,47,48,50,51,52,53)/p+1. The largest absolute Gasteiger partial charge is 0.507 e. The van der Waals surface area contributed by atoms with Gasteiger partial charge >= 0.3 is 5.97 Å². The number of carboxylic acid groups (broad SMARTS) is 1. The smallest absolute Gasteiger partial charge is 0.303 e. The van der Waals surface area contributed by atoms with Crippen molar-refractivity contribution in [2.24, 2.45) is 0 Å². The maximum Gasteiger partial charge on any atom is 0.303 e. The molecule has 1 unspecified atom stereocenters. The summed E-state index contributed by atoms with van der Waals surface area (Å²) in [5.74, 6) is -1.08. The van der Waals surface area contributed by atoms with Gasteiger partial charge in [-0.05, 0) is 84.8 Å². The van der Waals surface area contributed by atoms with E-state index in [1.165, 1.54) is 5.56 Å². The molecular formula is C44H49N2O7S+. The van der Waals surface area contributed by atoms with Crippen molar-refractivity contribution in [3.8, 4) is 0 Å². The van der Waals surface area contributed by atoms with Crippen LogP contribution < -0.4 is 4.90 Å². The summed E-state index contributed by atoms with van der Waals surface area (Å²) >= 11 is 0. The highest BCUT2D eigenvalue weighted by atomic mass is 32.2. The molecule has 4 aromatic carbocycles. The Hall–Kier alpha value is -4.77. The van der Waals surface area contributed by atoms with Gasteiger partial charge in [0.05, 0.1) is 11.2 Å². The van der Waals surface area contributed by atoms with Crippen LogP contribution in [0, 0.1) is 0 Å². The zero-order chi connectivity index (χ0) is 38.6. The summed E-state index contributed by atoms with van der Waals surface area (Å²) in [5, 5.41) is 37.2. The van der Waals surface area contributed by atoms with Gasteiger partial charge in [-0.3, -0.25) is 9.35 Å². The summed E-state index contributed by atoms with van der Waals surface area (Å²) < 4.78 is 34.6. The molecule has 0 fully saturated rings. The van der Waals surface area contributed by atoms with Crippen LogP contribution in [0.4, 0.5) is 11.4 Å². The first-order chi connectivity index (χ1) is 25.6. The first kappa shape index (κ1) is 37.5. The predicted octanol–water partition coefficient (Wildman–Crippen LogP) is 8.48. The van der Waals surface area contributed by atoms with Gasteiger partial charge in [0.15, 0.2) is 5.71 Å². The van der Waals surface area contributed by atoms with Gasteiger partial charge in [-0.1, -0.05) is 68.4 Å². The van der Waals surface area contributed by atoms with E-state index in [-0.39, 0.29) is 24.4 Å². The second-order valence-electron chi connectivity index (χ2n) is 15.8. The molecule has 4 N–H and O–H groups in total. The van der Waals surface area contributed by atoms with E-state index in [4.69, 9.17) is 5.11 Å². The lowest BCUT2D eigenvalue weighted by atomic mass is 9.75. The van der Waals surface area contributed by atoms with Crippen molar-refractivity contribution in [2.75, 3.05) is 23.7 Å². The second-order valence-corrected chi connectivity index (χ2v) is 17.4. The van der Waals surface area contributed by atoms with Crippen LogP contribution in [0.25, 0.3) is 21.5 Å². The lowest BCUT2D eigenvalue weighted by Crippen LogP contribution is -2.34. The summed E-state index contributed by atoms with van der Waals surface area (Å²) in [6, 6.07) is 24.9. The van der Waals surface area contributed by atoms with E-state index in [2.05, 4.69) is 85.7 Å². The Morgan fingerprint density at radius 1 is 0.815 bits per heavy atom. The molecule has 0 bridgehead atoms. The fraction of sp³-hybridized carbons (Fsp3) is 0.364. The Bertz CT molecular complexity index is 2420. The number of allylic oxidation sites excluding steroid dienone is 2. The van der Waals surface area contributed by atoms with Gasteiger partial charge in [-0.15, -0.1) is 0 Å². The summed E-state index contributed by atoms with van der Waals surface area (Å²) in [4.78, 5) is 13.3. The van der Waals surface area contributed by atoms with Crippen LogP contribution in [0.15, 0.2) is 108 Å². The number of hydrogen-bond donors (Lipinski definition) is 4. The molecule has 282 valence electrons. The highest BCUT2D eigenvalue weighted by Gasteiger charge is 2.48. The number of benzene rings is 4. The molecular weight excluding hydrogens is 701 g/mol. The highest BCUT2D eigenvalue weighted by molar-refractivity contribution is 7.85. The number of aliphatic hydroxyl groups excluding tert-OH is 2. The van der Waals surface area contributed by atoms with Crippen LogP contribution in [-0.2, 0) is 25.7 Å². The van der Waals surface area contributed by atoms with Crippen LogP contribution in [0.1, 0.15) is 77.3 Å². The van der Waals surface area contributed by atoms with Gasteiger partial charge in [0.1, 0.15) is 18.4 Å². The number of hydrogen-bond acceptors (Lipinski definition) is 6. The number of rotatable bonds is 13. The number of carbonyl (C=O) groups is 1. The Labute approximate surface area is 317 Å². The van der Waals surface area contributed by atoms with Crippen LogP contribution >= 0.6 is 0 Å². The van der Waals surface area contributed by atoms with Gasteiger partial charge in [0, 0.05) is 65.0 Å². The first-order valence-corrected chi connectivity index (χ1v) is 20.4. The van der Waals surface area contributed by atoms with Gasteiger partial charge < -0.3 is 20.2 Å². The number of aliphatic carboxylic acids is 1. The average molecular weight is 750 g/mol. The Morgan fingerprint density at radius 3 is 2.11 bits per heavy atom. The van der Waals surface area contributed by atoms with E-state index in [9.17, 15) is 28.0 Å². The topological polar surface area (TPSA) is 138 Å². The van der Waals surface area contributed by atoms with Gasteiger partial charge in [0.25, 0.3) is 10.1 Å². The van der Waals surface area contributed by atoms with Gasteiger partial charge in [-0.25, -0.2) is 0 Å². The van der Waals surface area contributed by atoms with Crippen molar-refractivity contribution in [3.05, 3.63) is 119 Å². The van der Waals surface area contributed by atoms with E-state index in [0.717, 1.165) is 62.7 Å². The van der Waals surface area contributed by atoms with Crippen LogP contribution in [0.2, 0.25) is 0 Å². The molecule has 0 spiro atoms. The Kier molecular flexibility index (Phi) is 9.83. The van der Waals surface area contributed by atoms with Crippen molar-refractivity contribution in [3.63, 3.8) is 0 Å². The maximum atomic E-state index is 11.8. The Balaban J connectivity index is 1.28. The minimum atomic E-state index is -4.08. The molecule has 1 aliphatic carbocycles. The number of aliphatic hydroxyl groups is 2. The molecule has 7 rings (SSSR count). The third-order valence-corrected chi connectivity index (χ3v) is 12.3. The van der Waals surface area contributed by atoms with E-state index in [1.54, 1.807) is 0 Å². The highest BCUT2D eigenvalue weighted by Crippen LogP contribution is 2.52. The molecule has 3 aliphatic rings. The average Bonchev–Trinajstić information content (AvgIpc) is 3.48. The molecule has 2 aliphatic heterocycles. The fourth-order valence-electron chi connectivity index (χ4n) is 8.85. The SMILES string of the molecule is CC1(C)C(=CC2=C(O)C(=CC3=[N+](CCCCCC(=O)O)c4ccc5ccccc5c4C3(C)C)C2O)N(CCCCS(=O)(=O)O)c2ccc3ccccc3c21. The quantitative estimate of drug-likeness (QED) is 0.0607. The van der Waals surface area contributed by atoms with Crippen molar-refractivity contribution >= 4 is 54.7 Å². The zero-order valence-electron chi connectivity index (χ0n) is 31.3. The molecule has 0 saturated carbocycles. The minimum Gasteiger partial charge on any atom is -0.507 e. The van der Waals surface area contributed by atoms with Gasteiger partial charge in [0.2, 0.25) is 5.69 Å². The van der Waals surface area contributed by atoms with E-state index in [1.807, 2.05) is 36.4 Å². The molecule has 0 radical (unpaired) electrons. The number of carboxylic acids is 1. The molecule has 0 saturated heterocycles. The first-order valence-electron chi connectivity index (χ1n) is 18.8. The summed E-state index contributed by atoms with van der Waals surface area (Å²) in [5.41, 5.74) is 6.09. The Morgan fingerprint density at radius 2 is 1.46 bits per heavy atom. The van der Waals surface area contributed by atoms with Crippen molar-refractivity contribution in [1.82, 2.24) is 0 Å². The minimum absolute atomic E-state index is 0.0310. The van der Waals surface area contributed by atoms with Crippen molar-refractivity contribution in [2.45, 2.75) is 83.2 Å². The van der Waals surface area contributed by atoms with Crippen LogP contribution in [-0.4, -0.2) is 69.5 Å². The molecule has 9 nitrogen and oxygen atoms in total. The molecule has 4 aromatic rings. The predicted molar refractivity (Wildman–Crippen MR) is 215 cm³/mol. The van der Waals surface area contributed by atoms with Crippen molar-refractivity contribution < 1.29 is 37.7 Å². The third kappa shape index (κ3) is 6.65. The molecule has 54 heavy (non-hydrogen) atoms. The third-order valence-electron chi connectivity index (χ3n) is 11.5. The summed E-state index contributed by atoms with van der Waals surface area (Å²) in [6.07, 6.45) is 5.86. The number of fused-ring (bicyclic) bond motifs is 6. The summed E-state index contributed by atoms with van der Waals surface area (Å²) in [7, 11) is -4.08. The van der Waals surface area contributed by atoms with E-state index in [0.29, 0.717) is 37.1 Å². The van der Waals surface area contributed by atoms with Gasteiger partial charge in [-0.2, -0.15) is 13.0 Å². The normalized spacial score (nSPS) is 20.3. The van der Waals surface area contributed by atoms with Crippen LogP contribution in [0.3, 0.4) is 0 Å². The lowest BCUT2D eigenvalue weighted by molar-refractivity contribution is -0.438. The van der Waals surface area contributed by atoms with E-state index >= 15 is 0 Å². The summed E-state index contributed by atoms with van der Waals surface area (Å²) in [6.45, 7) is 9.77. The zero-order valence-corrected chi connectivity index (χ0v) is 32.2. The molecule has 0 aromatic heterocycles. The monoisotopic (exact) mass is 749 g/mol. The number of nitrogens with zero attached hydrogens (tertiary/aromatic N) is 2. The van der Waals surface area contributed by atoms with Crippen molar-refractivity contribution in [1.29, 1.82) is 0 Å². The molecule has 0 amide bonds. The molecule has 10 heteroatoms. The van der Waals surface area contributed by atoms with E-state index < -0.39 is 33.0 Å². The maximum absolute atomic E-state index is 11.8. The van der Waals surface area contributed by atoms with Crippen LogP contribution in [0.5, 0.6) is 0 Å². The lowest BCUT2D eigenvalue weighted by Gasteiger charge is -2.32. The fourth-order valence-corrected chi connectivity index (χ4v) is 9.42. The number of unbranched alkanes of at least 4 members (excludes halogenated alkanes) is 3. The number of anilines is 1.